The fourth-order valence-electron chi connectivity index (χ4n) is 4.05. The zero-order valence-electron chi connectivity index (χ0n) is 13.8. The van der Waals surface area contributed by atoms with Crippen LogP contribution in [0.1, 0.15) is 0 Å². The highest BCUT2D eigenvalue weighted by atomic mass is 15.0. The molecule has 0 saturated heterocycles. The molecule has 4 heteroatoms. The van der Waals surface area contributed by atoms with Gasteiger partial charge in [0.2, 0.25) is 0 Å². The van der Waals surface area contributed by atoms with Gasteiger partial charge in [-0.05, 0) is 30.3 Å². The van der Waals surface area contributed by atoms with Crippen molar-refractivity contribution in [2.45, 2.75) is 0 Å². The van der Waals surface area contributed by atoms with E-state index in [-0.39, 0.29) is 0 Å². The predicted molar refractivity (Wildman–Crippen MR) is 106 cm³/mol. The molecule has 0 bridgehead atoms. The van der Waals surface area contributed by atoms with Gasteiger partial charge in [-0.15, -0.1) is 0 Å². The van der Waals surface area contributed by atoms with Crippen LogP contribution in [0.5, 0.6) is 0 Å². The van der Waals surface area contributed by atoms with E-state index in [4.69, 9.17) is 0 Å². The van der Waals surface area contributed by atoms with Crippen LogP contribution in [0.15, 0.2) is 79.4 Å². The molecule has 1 N–H and O–H groups in total. The lowest BCUT2D eigenvalue weighted by atomic mass is 10.1. The molecule has 4 nitrogen and oxygen atoms in total. The van der Waals surface area contributed by atoms with Crippen LogP contribution in [0, 0.1) is 0 Å². The first kappa shape index (κ1) is 13.6. The van der Waals surface area contributed by atoms with Gasteiger partial charge in [-0.25, -0.2) is 0 Å². The molecule has 0 aliphatic carbocycles. The number of pyridine rings is 2. The Morgan fingerprint density at radius 1 is 0.654 bits per heavy atom. The Labute approximate surface area is 148 Å². The first-order valence-electron chi connectivity index (χ1n) is 8.60. The molecule has 4 heterocycles. The summed E-state index contributed by atoms with van der Waals surface area (Å²) >= 11 is 0. The Morgan fingerprint density at radius 2 is 1.46 bits per heavy atom. The molecular weight excluding hydrogens is 320 g/mol. The number of aromatic nitrogens is 4. The van der Waals surface area contributed by atoms with Gasteiger partial charge in [0.05, 0.1) is 34.6 Å². The van der Waals surface area contributed by atoms with Gasteiger partial charge in [0.15, 0.2) is 0 Å². The van der Waals surface area contributed by atoms with Crippen LogP contribution in [-0.2, 0) is 0 Å². The summed E-state index contributed by atoms with van der Waals surface area (Å²) in [6, 6.07) is 19.1. The minimum atomic E-state index is 1.05. The third-order valence-electron chi connectivity index (χ3n) is 5.12. The van der Waals surface area contributed by atoms with Crippen LogP contribution in [0.4, 0.5) is 0 Å². The topological polar surface area (TPSA) is 46.5 Å². The summed E-state index contributed by atoms with van der Waals surface area (Å²) in [5, 5.41) is 4.84. The lowest BCUT2D eigenvalue weighted by molar-refractivity contribution is 1.18. The number of benzene rings is 2. The standard InChI is InChI=1S/C22H14N4/c1-2-6-19-14(4-1)15-8-10-24-13-21(15)26(19)20-7-3-5-17-22(20)16-9-11-23-12-18(16)25-17/h1-13,25H. The van der Waals surface area contributed by atoms with Crippen LogP contribution >= 0.6 is 0 Å². The summed E-state index contributed by atoms with van der Waals surface area (Å²) in [6.07, 6.45) is 7.54. The molecule has 26 heavy (non-hydrogen) atoms. The first-order valence-corrected chi connectivity index (χ1v) is 8.60. The van der Waals surface area contributed by atoms with E-state index >= 15 is 0 Å². The second-order valence-electron chi connectivity index (χ2n) is 6.49. The molecule has 0 atom stereocenters. The second-order valence-corrected chi connectivity index (χ2v) is 6.49. The Balaban J connectivity index is 1.87. The SMILES string of the molecule is c1cc(-n2c3ccccc3c3ccncc32)c2c(c1)[nH]c1cnccc12. The maximum absolute atomic E-state index is 4.39. The predicted octanol–water partition coefficient (Wildman–Crippen LogP) is 5.21. The average Bonchev–Trinajstić information content (AvgIpc) is 3.24. The average molecular weight is 334 g/mol. The Hall–Kier alpha value is -3.66. The Kier molecular flexibility index (Phi) is 2.58. The van der Waals surface area contributed by atoms with E-state index in [0.29, 0.717) is 0 Å². The van der Waals surface area contributed by atoms with Crippen LogP contribution in [-0.4, -0.2) is 19.5 Å². The Bertz CT molecular complexity index is 1390. The molecule has 0 aliphatic heterocycles. The van der Waals surface area contributed by atoms with Crippen molar-refractivity contribution in [2.75, 3.05) is 0 Å². The van der Waals surface area contributed by atoms with Crippen LogP contribution in [0.2, 0.25) is 0 Å². The number of aromatic amines is 1. The zero-order chi connectivity index (χ0) is 17.1. The number of hydrogen-bond donors (Lipinski definition) is 1. The smallest absolute Gasteiger partial charge is 0.0724 e. The van der Waals surface area contributed by atoms with Crippen molar-refractivity contribution in [2.24, 2.45) is 0 Å². The van der Waals surface area contributed by atoms with Crippen molar-refractivity contribution in [3.63, 3.8) is 0 Å². The van der Waals surface area contributed by atoms with Crippen molar-refractivity contribution in [3.8, 4) is 5.69 Å². The zero-order valence-corrected chi connectivity index (χ0v) is 13.8. The lowest BCUT2D eigenvalue weighted by Crippen LogP contribution is -1.94. The summed E-state index contributed by atoms with van der Waals surface area (Å²) in [5.74, 6) is 0. The summed E-state index contributed by atoms with van der Waals surface area (Å²) < 4.78 is 2.31. The van der Waals surface area contributed by atoms with E-state index in [2.05, 4.69) is 74.1 Å². The quantitative estimate of drug-likeness (QED) is 0.449. The summed E-state index contributed by atoms with van der Waals surface area (Å²) in [7, 11) is 0. The van der Waals surface area contributed by atoms with E-state index in [1.54, 1.807) is 0 Å². The van der Waals surface area contributed by atoms with E-state index in [1.807, 2.05) is 24.8 Å². The fourth-order valence-corrected chi connectivity index (χ4v) is 4.05. The molecule has 0 spiro atoms. The van der Waals surface area contributed by atoms with E-state index in [9.17, 15) is 0 Å². The van der Waals surface area contributed by atoms with Crippen molar-refractivity contribution in [3.05, 3.63) is 79.4 Å². The van der Waals surface area contributed by atoms with Crippen molar-refractivity contribution >= 4 is 43.6 Å². The fraction of sp³-hybridized carbons (Fsp3) is 0. The largest absolute Gasteiger partial charge is 0.353 e. The van der Waals surface area contributed by atoms with Crippen molar-refractivity contribution < 1.29 is 0 Å². The maximum Gasteiger partial charge on any atom is 0.0724 e. The molecule has 6 aromatic rings. The number of H-pyrrole nitrogens is 1. The molecular formula is C22H14N4. The molecule has 0 saturated carbocycles. The third-order valence-corrected chi connectivity index (χ3v) is 5.12. The number of nitrogens with one attached hydrogen (secondary N) is 1. The van der Waals surface area contributed by atoms with Crippen molar-refractivity contribution in [1.29, 1.82) is 0 Å². The minimum absolute atomic E-state index is 1.05. The Morgan fingerprint density at radius 3 is 2.42 bits per heavy atom. The van der Waals surface area contributed by atoms with Gasteiger partial charge in [0.25, 0.3) is 0 Å². The number of hydrogen-bond acceptors (Lipinski definition) is 2. The summed E-state index contributed by atoms with van der Waals surface area (Å²) in [6.45, 7) is 0. The van der Waals surface area contributed by atoms with Crippen LogP contribution in [0.3, 0.4) is 0 Å². The summed E-state index contributed by atoms with van der Waals surface area (Å²) in [4.78, 5) is 12.1. The van der Waals surface area contributed by atoms with Crippen molar-refractivity contribution in [1.82, 2.24) is 19.5 Å². The van der Waals surface area contributed by atoms with Gasteiger partial charge in [-0.1, -0.05) is 24.3 Å². The van der Waals surface area contributed by atoms with Crippen LogP contribution in [0.25, 0.3) is 49.3 Å². The highest BCUT2D eigenvalue weighted by molar-refractivity contribution is 6.15. The molecule has 4 aromatic heterocycles. The second kappa shape index (κ2) is 4.92. The molecule has 0 fully saturated rings. The summed E-state index contributed by atoms with van der Waals surface area (Å²) in [5.41, 5.74) is 5.62. The number of rotatable bonds is 1. The van der Waals surface area contributed by atoms with Gasteiger partial charge < -0.3 is 9.55 Å². The molecule has 122 valence electrons. The van der Waals surface area contributed by atoms with Gasteiger partial charge in [-0.3, -0.25) is 9.97 Å². The first-order chi connectivity index (χ1) is 12.9. The van der Waals surface area contributed by atoms with Gasteiger partial charge >= 0.3 is 0 Å². The molecule has 2 aromatic carbocycles. The molecule has 6 rings (SSSR count). The number of para-hydroxylation sites is 1. The van der Waals surface area contributed by atoms with Crippen LogP contribution < -0.4 is 0 Å². The molecule has 0 aliphatic rings. The lowest BCUT2D eigenvalue weighted by Gasteiger charge is -2.09. The van der Waals surface area contributed by atoms with Gasteiger partial charge in [0, 0.05) is 39.5 Å². The minimum Gasteiger partial charge on any atom is -0.353 e. The van der Waals surface area contributed by atoms with Gasteiger partial charge in [0.1, 0.15) is 0 Å². The highest BCUT2D eigenvalue weighted by Crippen LogP contribution is 2.36. The van der Waals surface area contributed by atoms with E-state index in [1.165, 1.54) is 27.1 Å². The van der Waals surface area contributed by atoms with E-state index < -0.39 is 0 Å². The maximum atomic E-state index is 4.39. The normalized spacial score (nSPS) is 11.8. The highest BCUT2D eigenvalue weighted by Gasteiger charge is 2.16. The van der Waals surface area contributed by atoms with E-state index in [0.717, 1.165) is 22.2 Å². The molecule has 0 amide bonds. The third kappa shape index (κ3) is 1.68. The molecule has 0 radical (unpaired) electrons. The van der Waals surface area contributed by atoms with Gasteiger partial charge in [-0.2, -0.15) is 0 Å². The monoisotopic (exact) mass is 334 g/mol. The number of fused-ring (bicyclic) bond motifs is 6. The molecule has 0 unspecified atom stereocenters. The number of nitrogens with zero attached hydrogens (tertiary/aromatic N) is 3.